The Morgan fingerprint density at radius 2 is 2.14 bits per heavy atom. The average molecular weight is 401 g/mol. The van der Waals surface area contributed by atoms with Crippen molar-refractivity contribution >= 4 is 17.7 Å². The molecule has 7 nitrogen and oxygen atoms in total. The van der Waals surface area contributed by atoms with E-state index in [1.165, 1.54) is 30.0 Å². The van der Waals surface area contributed by atoms with Gasteiger partial charge in [0.15, 0.2) is 10.9 Å². The molecular weight excluding hydrogens is 385 g/mol. The Kier molecular flexibility index (Phi) is 4.99. The van der Waals surface area contributed by atoms with Crippen molar-refractivity contribution in [2.24, 2.45) is 0 Å². The van der Waals surface area contributed by atoms with Crippen LogP contribution < -0.4 is 5.56 Å². The molecule has 0 saturated carbocycles. The number of aryl methyl sites for hydroxylation is 1. The van der Waals surface area contributed by atoms with Gasteiger partial charge in [-0.1, -0.05) is 16.9 Å². The lowest BCUT2D eigenvalue weighted by atomic mass is 10.1. The van der Waals surface area contributed by atoms with Crippen LogP contribution in [0, 0.1) is 12.7 Å². The quantitative estimate of drug-likeness (QED) is 0.479. The van der Waals surface area contributed by atoms with Crippen LogP contribution >= 0.6 is 11.8 Å². The van der Waals surface area contributed by atoms with Crippen molar-refractivity contribution in [3.8, 4) is 11.3 Å². The summed E-state index contributed by atoms with van der Waals surface area (Å²) in [4.78, 5) is 28.7. The first kappa shape index (κ1) is 18.4. The van der Waals surface area contributed by atoms with Gasteiger partial charge in [-0.3, -0.25) is 14.2 Å². The predicted molar refractivity (Wildman–Crippen MR) is 99.3 cm³/mol. The molecule has 1 unspecified atom stereocenters. The number of ether oxygens (including phenoxy) is 1. The van der Waals surface area contributed by atoms with Gasteiger partial charge in [-0.15, -0.1) is 0 Å². The first-order valence-corrected chi connectivity index (χ1v) is 9.58. The van der Waals surface area contributed by atoms with Gasteiger partial charge in [0, 0.05) is 29.1 Å². The lowest BCUT2D eigenvalue weighted by molar-refractivity contribution is -0.145. The molecule has 1 atom stereocenters. The number of fused-ring (bicyclic) bond motifs is 1. The summed E-state index contributed by atoms with van der Waals surface area (Å²) in [5, 5.41) is 4.49. The predicted octanol–water partition coefficient (Wildman–Crippen LogP) is 3.13. The number of aromatic nitrogens is 3. The highest BCUT2D eigenvalue weighted by Crippen LogP contribution is 2.32. The number of esters is 1. The van der Waals surface area contributed by atoms with E-state index in [4.69, 9.17) is 9.26 Å². The van der Waals surface area contributed by atoms with Crippen molar-refractivity contribution in [1.29, 1.82) is 0 Å². The van der Waals surface area contributed by atoms with Gasteiger partial charge >= 0.3 is 5.97 Å². The summed E-state index contributed by atoms with van der Waals surface area (Å²) in [6.07, 6.45) is 0.0767. The largest absolute Gasteiger partial charge is 0.459 e. The van der Waals surface area contributed by atoms with Crippen LogP contribution in [0.15, 0.2) is 50.9 Å². The molecular formula is C19H16FN3O4S. The molecule has 2 aromatic heterocycles. The monoisotopic (exact) mass is 401 g/mol. The number of thioether (sulfide) groups is 1. The second-order valence-corrected chi connectivity index (χ2v) is 7.39. The van der Waals surface area contributed by atoms with Crippen molar-refractivity contribution in [3.63, 3.8) is 0 Å². The van der Waals surface area contributed by atoms with Gasteiger partial charge in [0.2, 0.25) is 0 Å². The molecule has 144 valence electrons. The van der Waals surface area contributed by atoms with Gasteiger partial charge in [0.25, 0.3) is 5.56 Å². The third kappa shape index (κ3) is 3.84. The molecule has 4 rings (SSSR count). The van der Waals surface area contributed by atoms with Crippen molar-refractivity contribution < 1.29 is 18.4 Å². The Bertz CT molecular complexity index is 1080. The zero-order valence-electron chi connectivity index (χ0n) is 14.9. The molecule has 0 aliphatic carbocycles. The summed E-state index contributed by atoms with van der Waals surface area (Å²) in [7, 11) is 0. The number of hydrogen-bond acceptors (Lipinski definition) is 7. The molecule has 1 aliphatic rings. The maximum atomic E-state index is 13.0. The van der Waals surface area contributed by atoms with Crippen molar-refractivity contribution in [2.75, 3.05) is 5.75 Å². The fraction of sp³-hybridized carbons (Fsp3) is 0.263. The van der Waals surface area contributed by atoms with Gasteiger partial charge < -0.3 is 9.26 Å². The molecule has 0 N–H and O–H groups in total. The molecule has 3 heterocycles. The van der Waals surface area contributed by atoms with Crippen LogP contribution in [0.2, 0.25) is 0 Å². The van der Waals surface area contributed by atoms with Crippen LogP contribution in [0.25, 0.3) is 11.3 Å². The van der Waals surface area contributed by atoms with Crippen LogP contribution in [-0.4, -0.2) is 26.4 Å². The summed E-state index contributed by atoms with van der Waals surface area (Å²) in [6, 6.07) is 8.63. The van der Waals surface area contributed by atoms with E-state index in [0.29, 0.717) is 33.6 Å². The van der Waals surface area contributed by atoms with E-state index >= 15 is 0 Å². The number of carbonyl (C=O) groups is 1. The third-order valence-electron chi connectivity index (χ3n) is 4.29. The van der Waals surface area contributed by atoms with Crippen LogP contribution in [0.4, 0.5) is 4.39 Å². The first-order chi connectivity index (χ1) is 13.5. The lowest BCUT2D eigenvalue weighted by Crippen LogP contribution is -2.26. The van der Waals surface area contributed by atoms with E-state index in [-0.39, 0.29) is 30.4 Å². The highest BCUT2D eigenvalue weighted by Gasteiger charge is 2.28. The zero-order valence-corrected chi connectivity index (χ0v) is 15.7. The summed E-state index contributed by atoms with van der Waals surface area (Å²) >= 11 is 1.45. The molecule has 0 fully saturated rings. The number of hydrogen-bond donors (Lipinski definition) is 0. The Hall–Kier alpha value is -2.94. The van der Waals surface area contributed by atoms with Crippen LogP contribution in [0.5, 0.6) is 0 Å². The molecule has 0 spiro atoms. The van der Waals surface area contributed by atoms with Crippen LogP contribution in [-0.2, 0) is 16.1 Å². The Morgan fingerprint density at radius 3 is 2.93 bits per heavy atom. The smallest absolute Gasteiger partial charge is 0.308 e. The molecule has 0 amide bonds. The lowest BCUT2D eigenvalue weighted by Gasteiger charge is -2.12. The number of halogens is 1. The van der Waals surface area contributed by atoms with E-state index < -0.39 is 5.97 Å². The standard InChI is InChI=1S/C19H16FN3O4S/c1-11-6-17(24)23-15(10-28-19(23)21-11)8-18(25)26-9-14-7-16(27-22-14)12-2-4-13(20)5-3-12/h2-7,15H,8-10H2,1H3. The number of benzene rings is 1. The van der Waals surface area contributed by atoms with E-state index in [1.807, 2.05) is 0 Å². The van der Waals surface area contributed by atoms with Crippen LogP contribution in [0.1, 0.15) is 23.9 Å². The first-order valence-electron chi connectivity index (χ1n) is 8.60. The van der Waals surface area contributed by atoms with Gasteiger partial charge in [0.1, 0.15) is 18.1 Å². The SMILES string of the molecule is Cc1cc(=O)n2c(n1)SCC2CC(=O)OCc1cc(-c2ccc(F)cc2)on1. The third-order valence-corrected chi connectivity index (χ3v) is 5.39. The zero-order chi connectivity index (χ0) is 19.7. The molecule has 0 bridgehead atoms. The number of carbonyl (C=O) groups excluding carboxylic acids is 1. The second kappa shape index (κ2) is 7.59. The topological polar surface area (TPSA) is 87.2 Å². The molecule has 1 aliphatic heterocycles. The van der Waals surface area contributed by atoms with E-state index in [2.05, 4.69) is 10.1 Å². The number of rotatable bonds is 5. The van der Waals surface area contributed by atoms with Crippen molar-refractivity contribution in [2.45, 2.75) is 31.1 Å². The Labute approximate surface area is 163 Å². The minimum absolute atomic E-state index is 0.0444. The van der Waals surface area contributed by atoms with Gasteiger partial charge in [-0.05, 0) is 31.2 Å². The molecule has 0 saturated heterocycles. The summed E-state index contributed by atoms with van der Waals surface area (Å²) in [5.41, 5.74) is 1.62. The molecule has 3 aromatic rings. The molecule has 28 heavy (non-hydrogen) atoms. The second-order valence-electron chi connectivity index (χ2n) is 6.41. The highest BCUT2D eigenvalue weighted by atomic mass is 32.2. The maximum absolute atomic E-state index is 13.0. The highest BCUT2D eigenvalue weighted by molar-refractivity contribution is 7.99. The van der Waals surface area contributed by atoms with Crippen LogP contribution in [0.3, 0.4) is 0 Å². The van der Waals surface area contributed by atoms with E-state index in [9.17, 15) is 14.0 Å². The molecule has 1 aromatic carbocycles. The van der Waals surface area contributed by atoms with Gasteiger partial charge in [0.05, 0.1) is 12.5 Å². The van der Waals surface area contributed by atoms with Crippen molar-refractivity contribution in [1.82, 2.24) is 14.7 Å². The summed E-state index contributed by atoms with van der Waals surface area (Å²) in [6.45, 7) is 1.72. The van der Waals surface area contributed by atoms with Gasteiger partial charge in [-0.25, -0.2) is 9.37 Å². The normalized spacial score (nSPS) is 15.4. The molecule has 0 radical (unpaired) electrons. The average Bonchev–Trinajstić information content (AvgIpc) is 3.28. The fourth-order valence-electron chi connectivity index (χ4n) is 2.95. The van der Waals surface area contributed by atoms with E-state index in [0.717, 1.165) is 0 Å². The number of nitrogens with zero attached hydrogens (tertiary/aromatic N) is 3. The minimum Gasteiger partial charge on any atom is -0.459 e. The van der Waals surface area contributed by atoms with Crippen molar-refractivity contribution in [3.05, 3.63) is 64.0 Å². The Balaban J connectivity index is 1.36. The summed E-state index contributed by atoms with van der Waals surface area (Å²) < 4.78 is 25.0. The summed E-state index contributed by atoms with van der Waals surface area (Å²) in [5.74, 6) is 0.283. The fourth-order valence-corrected chi connectivity index (χ4v) is 4.14. The van der Waals surface area contributed by atoms with E-state index in [1.54, 1.807) is 29.7 Å². The maximum Gasteiger partial charge on any atom is 0.308 e. The Morgan fingerprint density at radius 1 is 1.36 bits per heavy atom. The van der Waals surface area contributed by atoms with Gasteiger partial charge in [-0.2, -0.15) is 0 Å². The minimum atomic E-state index is -0.433. The molecule has 9 heteroatoms.